The third-order valence-electron chi connectivity index (χ3n) is 3.43. The van der Waals surface area contributed by atoms with Crippen LogP contribution in [0.1, 0.15) is 15.9 Å². The molecule has 3 rings (SSSR count). The Kier molecular flexibility index (Phi) is 3.38. The number of carbonyl (C=O) groups is 1. The Morgan fingerprint density at radius 1 is 1.35 bits per heavy atom. The minimum absolute atomic E-state index is 0.172. The highest BCUT2D eigenvalue weighted by molar-refractivity contribution is 6.24. The Morgan fingerprint density at radius 3 is 3.00 bits per heavy atom. The number of benzene rings is 2. The van der Waals surface area contributed by atoms with Crippen molar-refractivity contribution in [1.29, 1.82) is 0 Å². The molecule has 0 spiro atoms. The van der Waals surface area contributed by atoms with Crippen LogP contribution < -0.4 is 10.6 Å². The van der Waals surface area contributed by atoms with Gasteiger partial charge in [-0.25, -0.2) is 4.39 Å². The van der Waals surface area contributed by atoms with Gasteiger partial charge in [0, 0.05) is 36.7 Å². The molecule has 0 atom stereocenters. The zero-order chi connectivity index (χ0) is 14.1. The third-order valence-corrected chi connectivity index (χ3v) is 3.43. The molecule has 2 aromatic rings. The number of amides is 1. The topological polar surface area (TPSA) is 50.4 Å². The van der Waals surface area contributed by atoms with Crippen LogP contribution in [0.25, 0.3) is 10.8 Å². The molecule has 4 nitrogen and oxygen atoms in total. The van der Waals surface area contributed by atoms with E-state index in [4.69, 9.17) is 4.74 Å². The summed E-state index contributed by atoms with van der Waals surface area (Å²) in [4.78, 5) is 11.9. The lowest BCUT2D eigenvalue weighted by Gasteiger charge is -2.07. The van der Waals surface area contributed by atoms with Crippen LogP contribution in [0.4, 0.5) is 10.1 Å². The predicted molar refractivity (Wildman–Crippen MR) is 75.4 cm³/mol. The quantitative estimate of drug-likeness (QED) is 0.822. The number of halogens is 1. The first-order chi connectivity index (χ1) is 9.70. The summed E-state index contributed by atoms with van der Waals surface area (Å²) in [5, 5.41) is 7.11. The van der Waals surface area contributed by atoms with Gasteiger partial charge in [-0.15, -0.1) is 0 Å². The molecule has 0 aromatic heterocycles. The molecular weight excluding hydrogens is 259 g/mol. The predicted octanol–water partition coefficient (Wildman–Crippen LogP) is 2.28. The fraction of sp³-hybridized carbons (Fsp3) is 0.267. The van der Waals surface area contributed by atoms with Crippen molar-refractivity contribution in [3.8, 4) is 0 Å². The monoisotopic (exact) mass is 274 g/mol. The molecule has 0 aliphatic carbocycles. The summed E-state index contributed by atoms with van der Waals surface area (Å²) in [5.74, 6) is -0.477. The molecule has 1 heterocycles. The van der Waals surface area contributed by atoms with E-state index < -0.39 is 0 Å². The van der Waals surface area contributed by atoms with Crippen molar-refractivity contribution in [1.82, 2.24) is 5.32 Å². The van der Waals surface area contributed by atoms with Crippen molar-refractivity contribution in [3.63, 3.8) is 0 Å². The maximum Gasteiger partial charge on any atom is 0.256 e. The smallest absolute Gasteiger partial charge is 0.256 e. The summed E-state index contributed by atoms with van der Waals surface area (Å²) in [6.45, 7) is 1.89. The van der Waals surface area contributed by atoms with Gasteiger partial charge in [0.25, 0.3) is 5.91 Å². The van der Waals surface area contributed by atoms with E-state index in [9.17, 15) is 9.18 Å². The minimum Gasteiger partial charge on any atom is -0.383 e. The summed E-state index contributed by atoms with van der Waals surface area (Å²) in [6, 6.07) is 6.59. The molecule has 0 radical (unpaired) electrons. The van der Waals surface area contributed by atoms with E-state index in [2.05, 4.69) is 10.6 Å². The highest BCUT2D eigenvalue weighted by Crippen LogP contribution is 2.35. The van der Waals surface area contributed by atoms with Gasteiger partial charge in [-0.2, -0.15) is 0 Å². The lowest BCUT2D eigenvalue weighted by Crippen LogP contribution is -2.18. The van der Waals surface area contributed by atoms with Crippen LogP contribution >= 0.6 is 0 Å². The molecule has 0 saturated heterocycles. The van der Waals surface area contributed by atoms with Crippen LogP contribution in [-0.2, 0) is 11.3 Å². The van der Waals surface area contributed by atoms with Crippen molar-refractivity contribution in [2.24, 2.45) is 0 Å². The molecule has 1 aliphatic rings. The fourth-order valence-corrected chi connectivity index (χ4v) is 2.49. The van der Waals surface area contributed by atoms with E-state index in [0.29, 0.717) is 41.7 Å². The first-order valence-corrected chi connectivity index (χ1v) is 6.47. The van der Waals surface area contributed by atoms with Gasteiger partial charge < -0.3 is 15.4 Å². The number of rotatable bonds is 5. The van der Waals surface area contributed by atoms with E-state index in [1.165, 1.54) is 6.07 Å². The largest absolute Gasteiger partial charge is 0.383 e. The molecule has 2 aromatic carbocycles. The molecule has 104 valence electrons. The fourth-order valence-electron chi connectivity index (χ4n) is 2.49. The van der Waals surface area contributed by atoms with Gasteiger partial charge in [0.05, 0.1) is 12.2 Å². The number of nitrogens with one attached hydrogen (secondary N) is 2. The molecular formula is C15H15FN2O2. The third kappa shape index (κ3) is 2.15. The van der Waals surface area contributed by atoms with Gasteiger partial charge in [0.2, 0.25) is 0 Å². The van der Waals surface area contributed by atoms with Crippen molar-refractivity contribution in [3.05, 3.63) is 41.2 Å². The van der Waals surface area contributed by atoms with Gasteiger partial charge in [0.15, 0.2) is 0 Å². The maximum absolute atomic E-state index is 13.9. The normalized spacial score (nSPS) is 13.0. The molecule has 20 heavy (non-hydrogen) atoms. The lowest BCUT2D eigenvalue weighted by molar-refractivity contribution is 0.103. The van der Waals surface area contributed by atoms with E-state index in [1.54, 1.807) is 19.2 Å². The van der Waals surface area contributed by atoms with Crippen molar-refractivity contribution in [2.45, 2.75) is 6.54 Å². The second-order valence-corrected chi connectivity index (χ2v) is 4.78. The summed E-state index contributed by atoms with van der Waals surface area (Å²) in [6.07, 6.45) is 0. The number of methoxy groups -OCH3 is 1. The van der Waals surface area contributed by atoms with Crippen LogP contribution in [0.3, 0.4) is 0 Å². The number of anilines is 1. The van der Waals surface area contributed by atoms with E-state index >= 15 is 0 Å². The van der Waals surface area contributed by atoms with Crippen LogP contribution in [0.15, 0.2) is 24.3 Å². The lowest BCUT2D eigenvalue weighted by atomic mass is 10.0. The average Bonchev–Trinajstić information content (AvgIpc) is 2.77. The van der Waals surface area contributed by atoms with Crippen molar-refractivity contribution in [2.75, 3.05) is 25.6 Å². The zero-order valence-electron chi connectivity index (χ0n) is 11.1. The van der Waals surface area contributed by atoms with Crippen LogP contribution in [0.5, 0.6) is 0 Å². The first kappa shape index (κ1) is 13.0. The van der Waals surface area contributed by atoms with E-state index in [-0.39, 0.29) is 11.7 Å². The Labute approximate surface area is 115 Å². The minimum atomic E-state index is -0.305. The zero-order valence-corrected chi connectivity index (χ0v) is 11.1. The molecule has 0 saturated carbocycles. The summed E-state index contributed by atoms with van der Waals surface area (Å²) >= 11 is 0. The standard InChI is InChI=1S/C15H15FN2O2/c1-20-5-4-17-8-9-6-10-12(16)2-3-13-14(10)11(7-9)15(19)18-13/h2-3,6-7,17H,4-5,8H2,1H3,(H,18,19). The van der Waals surface area contributed by atoms with Gasteiger partial charge >= 0.3 is 0 Å². The van der Waals surface area contributed by atoms with Crippen LogP contribution in [-0.4, -0.2) is 26.2 Å². The molecule has 5 heteroatoms. The summed E-state index contributed by atoms with van der Waals surface area (Å²) in [7, 11) is 1.64. The van der Waals surface area contributed by atoms with Gasteiger partial charge in [0.1, 0.15) is 5.82 Å². The van der Waals surface area contributed by atoms with Gasteiger partial charge in [-0.05, 0) is 29.8 Å². The Morgan fingerprint density at radius 2 is 2.20 bits per heavy atom. The molecule has 2 N–H and O–H groups in total. The molecule has 0 unspecified atom stereocenters. The summed E-state index contributed by atoms with van der Waals surface area (Å²) < 4.78 is 18.9. The Balaban J connectivity index is 1.98. The molecule has 1 aliphatic heterocycles. The molecule has 0 fully saturated rings. The number of hydrogen-bond acceptors (Lipinski definition) is 3. The number of carbonyl (C=O) groups excluding carboxylic acids is 1. The maximum atomic E-state index is 13.9. The van der Waals surface area contributed by atoms with Gasteiger partial charge in [-0.1, -0.05) is 0 Å². The van der Waals surface area contributed by atoms with E-state index in [0.717, 1.165) is 5.56 Å². The van der Waals surface area contributed by atoms with Crippen LogP contribution in [0.2, 0.25) is 0 Å². The second kappa shape index (κ2) is 5.19. The van der Waals surface area contributed by atoms with E-state index in [1.807, 2.05) is 6.07 Å². The number of ether oxygens (including phenoxy) is 1. The van der Waals surface area contributed by atoms with Crippen LogP contribution in [0, 0.1) is 5.82 Å². The second-order valence-electron chi connectivity index (χ2n) is 4.78. The number of hydrogen-bond donors (Lipinski definition) is 2. The first-order valence-electron chi connectivity index (χ1n) is 6.47. The average molecular weight is 274 g/mol. The highest BCUT2D eigenvalue weighted by atomic mass is 19.1. The SMILES string of the molecule is COCCNCc1cc2c3c(ccc(F)c3c1)NC2=O. The van der Waals surface area contributed by atoms with Crippen molar-refractivity contribution < 1.29 is 13.9 Å². The Hall–Kier alpha value is -1.98. The molecule has 0 bridgehead atoms. The van der Waals surface area contributed by atoms with Gasteiger partial charge in [-0.3, -0.25) is 4.79 Å². The van der Waals surface area contributed by atoms with Crippen molar-refractivity contribution >= 4 is 22.4 Å². The summed E-state index contributed by atoms with van der Waals surface area (Å²) in [5.41, 5.74) is 2.11. The highest BCUT2D eigenvalue weighted by Gasteiger charge is 2.23. The molecule has 1 amide bonds. The Bertz CT molecular complexity index is 685.